The van der Waals surface area contributed by atoms with E-state index in [-0.39, 0.29) is 0 Å². The van der Waals surface area contributed by atoms with Crippen molar-refractivity contribution in [1.82, 2.24) is 14.9 Å². The fraction of sp³-hybridized carbons (Fsp3) is 0.200. The van der Waals surface area contributed by atoms with Crippen molar-refractivity contribution in [2.75, 3.05) is 25.0 Å². The molecule has 0 bridgehead atoms. The van der Waals surface area contributed by atoms with E-state index < -0.39 is 0 Å². The number of hydrogen-bond donors (Lipinski definition) is 0. The van der Waals surface area contributed by atoms with E-state index in [9.17, 15) is 0 Å². The summed E-state index contributed by atoms with van der Waals surface area (Å²) in [7, 11) is 2.15. The summed E-state index contributed by atoms with van der Waals surface area (Å²) in [5, 5.41) is 0.757. The van der Waals surface area contributed by atoms with E-state index in [1.54, 1.807) is 18.6 Å². The van der Waals surface area contributed by atoms with Crippen molar-refractivity contribution in [3.63, 3.8) is 0 Å². The molecule has 25 heavy (non-hydrogen) atoms. The highest BCUT2D eigenvalue weighted by atomic mass is 35.5. The minimum Gasteiger partial charge on any atom is -0.340 e. The van der Waals surface area contributed by atoms with Gasteiger partial charge in [0.1, 0.15) is 0 Å². The minimum atomic E-state index is 0.757. The van der Waals surface area contributed by atoms with Crippen molar-refractivity contribution in [2.24, 2.45) is 0 Å². The molecule has 126 valence electrons. The lowest BCUT2D eigenvalue weighted by molar-refractivity contribution is 0.343. The molecule has 0 aliphatic carbocycles. The summed E-state index contributed by atoms with van der Waals surface area (Å²) in [5.74, 6) is 0. The van der Waals surface area contributed by atoms with Gasteiger partial charge in [-0.05, 0) is 42.9 Å². The monoisotopic (exact) mass is 350 g/mol. The van der Waals surface area contributed by atoms with Gasteiger partial charge in [0.2, 0.25) is 0 Å². The summed E-state index contributed by atoms with van der Waals surface area (Å²) in [6.45, 7) is 2.82. The van der Waals surface area contributed by atoms with Crippen LogP contribution in [-0.4, -0.2) is 35.0 Å². The smallest absolute Gasteiger partial charge is 0.0885 e. The van der Waals surface area contributed by atoms with Crippen LogP contribution in [0.5, 0.6) is 0 Å². The third kappa shape index (κ3) is 3.36. The molecule has 0 atom stereocenters. The second-order valence-corrected chi connectivity index (χ2v) is 6.74. The second-order valence-electron chi connectivity index (χ2n) is 6.30. The number of likely N-dealkylation sites (N-methyl/N-ethyl adjacent to an activating group) is 1. The number of benzene rings is 2. The summed E-state index contributed by atoms with van der Waals surface area (Å²) in [6.07, 6.45) is 5.23. The van der Waals surface area contributed by atoms with Crippen molar-refractivity contribution in [3.8, 4) is 11.3 Å². The number of rotatable bonds is 2. The minimum absolute atomic E-state index is 0.757. The fourth-order valence-corrected chi connectivity index (χ4v) is 3.44. The number of nitrogens with zero attached hydrogens (tertiary/aromatic N) is 4. The van der Waals surface area contributed by atoms with Crippen LogP contribution in [0.2, 0.25) is 5.02 Å². The molecular formula is C20H19ClN4. The lowest BCUT2D eigenvalue weighted by Crippen LogP contribution is -2.26. The van der Waals surface area contributed by atoms with E-state index in [2.05, 4.69) is 51.1 Å². The maximum Gasteiger partial charge on any atom is 0.0885 e. The van der Waals surface area contributed by atoms with Gasteiger partial charge in [0.25, 0.3) is 0 Å². The van der Waals surface area contributed by atoms with Gasteiger partial charge in [-0.1, -0.05) is 23.7 Å². The standard InChI is InChI=1S/C20H19ClN4/c1-24-9-10-25(18-4-2-3-17(21)12-18)20-6-5-15(11-16(20)14-24)19-13-22-7-8-23-19/h2-8,11-13H,9-10,14H2,1H3. The van der Waals surface area contributed by atoms with Crippen LogP contribution in [0, 0.1) is 0 Å². The molecule has 0 N–H and O–H groups in total. The highest BCUT2D eigenvalue weighted by Gasteiger charge is 2.20. The van der Waals surface area contributed by atoms with Crippen molar-refractivity contribution in [3.05, 3.63) is 71.6 Å². The highest BCUT2D eigenvalue weighted by Crippen LogP contribution is 2.34. The van der Waals surface area contributed by atoms with E-state index in [0.717, 1.165) is 41.6 Å². The maximum absolute atomic E-state index is 6.21. The van der Waals surface area contributed by atoms with Gasteiger partial charge >= 0.3 is 0 Å². The molecule has 2 heterocycles. The van der Waals surface area contributed by atoms with Crippen molar-refractivity contribution >= 4 is 23.0 Å². The number of halogens is 1. The van der Waals surface area contributed by atoms with Crippen molar-refractivity contribution in [2.45, 2.75) is 6.54 Å². The van der Waals surface area contributed by atoms with E-state index in [4.69, 9.17) is 11.6 Å². The summed E-state index contributed by atoms with van der Waals surface area (Å²) in [5.41, 5.74) is 5.61. The Morgan fingerprint density at radius 3 is 2.76 bits per heavy atom. The van der Waals surface area contributed by atoms with E-state index in [1.165, 1.54) is 11.3 Å². The van der Waals surface area contributed by atoms with Crippen LogP contribution in [0.15, 0.2) is 61.1 Å². The molecule has 5 heteroatoms. The summed E-state index contributed by atoms with van der Waals surface area (Å²) >= 11 is 6.21. The van der Waals surface area contributed by atoms with Gasteiger partial charge in [-0.2, -0.15) is 0 Å². The molecule has 1 aliphatic heterocycles. The molecule has 0 spiro atoms. The van der Waals surface area contributed by atoms with Crippen LogP contribution in [0.4, 0.5) is 11.4 Å². The van der Waals surface area contributed by atoms with E-state index in [1.807, 2.05) is 18.2 Å². The summed E-state index contributed by atoms with van der Waals surface area (Å²) in [6, 6.07) is 14.6. The third-order valence-electron chi connectivity index (χ3n) is 4.49. The van der Waals surface area contributed by atoms with Crippen LogP contribution >= 0.6 is 11.6 Å². The summed E-state index contributed by atoms with van der Waals surface area (Å²) in [4.78, 5) is 13.3. The first kappa shape index (κ1) is 16.1. The number of hydrogen-bond acceptors (Lipinski definition) is 4. The highest BCUT2D eigenvalue weighted by molar-refractivity contribution is 6.30. The predicted molar refractivity (Wildman–Crippen MR) is 102 cm³/mol. The normalized spacial score (nSPS) is 14.9. The largest absolute Gasteiger partial charge is 0.340 e. The molecule has 0 saturated carbocycles. The topological polar surface area (TPSA) is 32.3 Å². The fourth-order valence-electron chi connectivity index (χ4n) is 3.26. The van der Waals surface area contributed by atoms with Crippen molar-refractivity contribution < 1.29 is 0 Å². The van der Waals surface area contributed by atoms with Gasteiger partial charge in [0.05, 0.1) is 11.9 Å². The number of fused-ring (bicyclic) bond motifs is 1. The number of aromatic nitrogens is 2. The molecular weight excluding hydrogens is 332 g/mol. The molecule has 0 radical (unpaired) electrons. The third-order valence-corrected chi connectivity index (χ3v) is 4.73. The first-order valence-electron chi connectivity index (χ1n) is 8.32. The van der Waals surface area contributed by atoms with Gasteiger partial charge in [0, 0.05) is 54.0 Å². The predicted octanol–water partition coefficient (Wildman–Crippen LogP) is 4.38. The van der Waals surface area contributed by atoms with Crippen LogP contribution in [0.3, 0.4) is 0 Å². The maximum atomic E-state index is 6.21. The second kappa shape index (κ2) is 6.82. The van der Waals surface area contributed by atoms with Gasteiger partial charge < -0.3 is 9.80 Å². The quantitative estimate of drug-likeness (QED) is 0.686. The molecule has 0 unspecified atom stereocenters. The molecule has 2 aromatic carbocycles. The van der Waals surface area contributed by atoms with Crippen LogP contribution in [0.1, 0.15) is 5.56 Å². The lowest BCUT2D eigenvalue weighted by atomic mass is 10.0. The molecule has 0 amide bonds. The van der Waals surface area contributed by atoms with Gasteiger partial charge in [-0.25, -0.2) is 0 Å². The first-order chi connectivity index (χ1) is 12.2. The Balaban J connectivity index is 1.79. The lowest BCUT2D eigenvalue weighted by Gasteiger charge is -2.25. The van der Waals surface area contributed by atoms with Crippen molar-refractivity contribution in [1.29, 1.82) is 0 Å². The van der Waals surface area contributed by atoms with Gasteiger partial charge in [-0.15, -0.1) is 0 Å². The Hall–Kier alpha value is -2.43. The molecule has 4 nitrogen and oxygen atoms in total. The average Bonchev–Trinajstić information content (AvgIpc) is 2.80. The Kier molecular flexibility index (Phi) is 4.38. The van der Waals surface area contributed by atoms with Crippen LogP contribution in [0.25, 0.3) is 11.3 Å². The zero-order valence-corrected chi connectivity index (χ0v) is 14.8. The van der Waals surface area contributed by atoms with Crippen LogP contribution < -0.4 is 4.90 Å². The Bertz CT molecular complexity index is 882. The van der Waals surface area contributed by atoms with E-state index >= 15 is 0 Å². The molecule has 0 saturated heterocycles. The molecule has 1 aliphatic rings. The summed E-state index contributed by atoms with van der Waals surface area (Å²) < 4.78 is 0. The van der Waals surface area contributed by atoms with Gasteiger partial charge in [0.15, 0.2) is 0 Å². The molecule has 3 aromatic rings. The first-order valence-corrected chi connectivity index (χ1v) is 8.69. The average molecular weight is 351 g/mol. The zero-order valence-electron chi connectivity index (χ0n) is 14.1. The Morgan fingerprint density at radius 1 is 1.04 bits per heavy atom. The van der Waals surface area contributed by atoms with E-state index in [0.29, 0.717) is 0 Å². The molecule has 1 aromatic heterocycles. The Morgan fingerprint density at radius 2 is 1.96 bits per heavy atom. The SMILES string of the molecule is CN1CCN(c2cccc(Cl)c2)c2ccc(-c3cnccn3)cc2C1. The molecule has 4 rings (SSSR count). The van der Waals surface area contributed by atoms with Gasteiger partial charge in [-0.3, -0.25) is 9.97 Å². The zero-order chi connectivity index (χ0) is 17.2. The van der Waals surface area contributed by atoms with Crippen LogP contribution in [-0.2, 0) is 6.54 Å². The number of anilines is 2. The Labute approximate surface area is 152 Å². The molecule has 0 fully saturated rings.